The monoisotopic (exact) mass is 430 g/mol. The number of hydrogen-bond donors (Lipinski definition) is 0. The molecule has 2 heterocycles. The number of aromatic nitrogens is 1. The highest BCUT2D eigenvalue weighted by molar-refractivity contribution is 5.91. The number of carbonyl (C=O) groups is 2. The highest BCUT2D eigenvalue weighted by Gasteiger charge is 2.34. The van der Waals surface area contributed by atoms with E-state index in [4.69, 9.17) is 14.2 Å². The van der Waals surface area contributed by atoms with E-state index in [2.05, 4.69) is 4.98 Å². The van der Waals surface area contributed by atoms with Crippen LogP contribution in [-0.4, -0.2) is 35.3 Å². The van der Waals surface area contributed by atoms with Gasteiger partial charge in [0.2, 0.25) is 5.88 Å². The van der Waals surface area contributed by atoms with Gasteiger partial charge in [-0.3, -0.25) is 9.69 Å². The van der Waals surface area contributed by atoms with Crippen LogP contribution in [-0.2, 0) is 27.3 Å². The quantitative estimate of drug-likeness (QED) is 0.669. The standard InChI is InChI=1S/C23H27FN2O5/c1-14-12-30-21-20(26(14)22(28)31-23(3,4)5)11-17(19(25-21)13-29-15(2)27)10-16-6-8-18(24)9-7-16/h6-9,11,14H,10,12-13H2,1-5H3/t14-/m0/s1. The predicted octanol–water partition coefficient (Wildman–Crippen LogP) is 4.40. The van der Waals surface area contributed by atoms with E-state index in [1.54, 1.807) is 39.0 Å². The Kier molecular flexibility index (Phi) is 6.48. The van der Waals surface area contributed by atoms with Gasteiger partial charge in [-0.1, -0.05) is 12.1 Å². The number of rotatable bonds is 4. The van der Waals surface area contributed by atoms with Gasteiger partial charge in [-0.2, -0.15) is 0 Å². The molecular weight excluding hydrogens is 403 g/mol. The van der Waals surface area contributed by atoms with Crippen LogP contribution < -0.4 is 9.64 Å². The topological polar surface area (TPSA) is 78.0 Å². The fraction of sp³-hybridized carbons (Fsp3) is 0.435. The molecule has 0 unspecified atom stereocenters. The first-order valence-electron chi connectivity index (χ1n) is 10.1. The Bertz CT molecular complexity index is 969. The number of halogens is 1. The molecule has 1 aliphatic rings. The molecule has 0 bridgehead atoms. The van der Waals surface area contributed by atoms with Crippen LogP contribution >= 0.6 is 0 Å². The van der Waals surface area contributed by atoms with E-state index in [1.165, 1.54) is 24.0 Å². The van der Waals surface area contributed by atoms with Crippen LogP contribution in [0.15, 0.2) is 30.3 Å². The van der Waals surface area contributed by atoms with Crippen molar-refractivity contribution in [2.45, 2.75) is 59.3 Å². The van der Waals surface area contributed by atoms with E-state index >= 15 is 0 Å². The minimum Gasteiger partial charge on any atom is -0.474 e. The van der Waals surface area contributed by atoms with E-state index in [0.29, 0.717) is 17.8 Å². The van der Waals surface area contributed by atoms with Crippen molar-refractivity contribution in [3.05, 3.63) is 53.0 Å². The molecule has 1 atom stereocenters. The molecule has 1 amide bonds. The number of benzene rings is 1. The Labute approximate surface area is 181 Å². The number of fused-ring (bicyclic) bond motifs is 1. The lowest BCUT2D eigenvalue weighted by Crippen LogP contribution is -2.47. The molecule has 0 fully saturated rings. The van der Waals surface area contributed by atoms with Crippen molar-refractivity contribution in [1.82, 2.24) is 4.98 Å². The van der Waals surface area contributed by atoms with Gasteiger partial charge in [0.05, 0.1) is 11.7 Å². The largest absolute Gasteiger partial charge is 0.474 e. The summed E-state index contributed by atoms with van der Waals surface area (Å²) >= 11 is 0. The lowest BCUT2D eigenvalue weighted by molar-refractivity contribution is -0.142. The van der Waals surface area contributed by atoms with Crippen LogP contribution in [0.25, 0.3) is 0 Å². The number of pyridine rings is 1. The highest BCUT2D eigenvalue weighted by Crippen LogP contribution is 2.36. The average Bonchev–Trinajstić information content (AvgIpc) is 2.66. The van der Waals surface area contributed by atoms with Crippen molar-refractivity contribution in [3.63, 3.8) is 0 Å². The Balaban J connectivity index is 2.02. The van der Waals surface area contributed by atoms with Gasteiger partial charge in [-0.05, 0) is 63.4 Å². The number of esters is 1. The fourth-order valence-electron chi connectivity index (χ4n) is 3.21. The maximum atomic E-state index is 13.3. The molecule has 166 valence electrons. The van der Waals surface area contributed by atoms with Crippen molar-refractivity contribution in [1.29, 1.82) is 0 Å². The van der Waals surface area contributed by atoms with Crippen molar-refractivity contribution in [2.24, 2.45) is 0 Å². The summed E-state index contributed by atoms with van der Waals surface area (Å²) in [5.41, 5.74) is 1.92. The minimum atomic E-state index is -0.658. The summed E-state index contributed by atoms with van der Waals surface area (Å²) in [6.07, 6.45) is -0.0833. The summed E-state index contributed by atoms with van der Waals surface area (Å²) < 4.78 is 29.8. The normalized spacial score (nSPS) is 15.7. The molecule has 0 aliphatic carbocycles. The molecule has 1 aliphatic heterocycles. The molecule has 0 spiro atoms. The van der Waals surface area contributed by atoms with Crippen LogP contribution in [0, 0.1) is 5.82 Å². The number of hydrogen-bond acceptors (Lipinski definition) is 6. The van der Waals surface area contributed by atoms with Crippen molar-refractivity contribution < 1.29 is 28.2 Å². The van der Waals surface area contributed by atoms with E-state index in [0.717, 1.165) is 11.1 Å². The Hall–Kier alpha value is -3.16. The minimum absolute atomic E-state index is 0.0372. The van der Waals surface area contributed by atoms with Gasteiger partial charge < -0.3 is 14.2 Å². The van der Waals surface area contributed by atoms with Gasteiger partial charge in [-0.25, -0.2) is 14.2 Å². The second kappa shape index (κ2) is 8.91. The van der Waals surface area contributed by atoms with Crippen LogP contribution in [0.1, 0.15) is 51.4 Å². The second-order valence-corrected chi connectivity index (χ2v) is 8.51. The van der Waals surface area contributed by atoms with Gasteiger partial charge in [0.1, 0.15) is 30.3 Å². The second-order valence-electron chi connectivity index (χ2n) is 8.51. The molecule has 7 nitrogen and oxygen atoms in total. The summed E-state index contributed by atoms with van der Waals surface area (Å²) in [7, 11) is 0. The molecule has 0 saturated heterocycles. The van der Waals surface area contributed by atoms with Crippen molar-refractivity contribution in [2.75, 3.05) is 11.5 Å². The third kappa shape index (κ3) is 5.71. The van der Waals surface area contributed by atoms with Crippen molar-refractivity contribution >= 4 is 17.7 Å². The molecule has 0 saturated carbocycles. The van der Waals surface area contributed by atoms with E-state index in [1.807, 2.05) is 6.92 Å². The molecule has 31 heavy (non-hydrogen) atoms. The fourth-order valence-corrected chi connectivity index (χ4v) is 3.21. The van der Waals surface area contributed by atoms with Crippen molar-refractivity contribution in [3.8, 4) is 5.88 Å². The van der Waals surface area contributed by atoms with E-state index in [-0.39, 0.29) is 31.0 Å². The zero-order valence-electron chi connectivity index (χ0n) is 18.4. The summed E-state index contributed by atoms with van der Waals surface area (Å²) in [5, 5.41) is 0. The van der Waals surface area contributed by atoms with Gasteiger partial charge in [-0.15, -0.1) is 0 Å². The third-order valence-electron chi connectivity index (χ3n) is 4.61. The Morgan fingerprint density at radius 3 is 2.55 bits per heavy atom. The smallest absolute Gasteiger partial charge is 0.415 e. The van der Waals surface area contributed by atoms with Crippen LogP contribution in [0.3, 0.4) is 0 Å². The number of carbonyl (C=O) groups excluding carboxylic acids is 2. The lowest BCUT2D eigenvalue weighted by atomic mass is 10.0. The molecule has 1 aromatic carbocycles. The third-order valence-corrected chi connectivity index (χ3v) is 4.61. The summed E-state index contributed by atoms with van der Waals surface area (Å²) in [5.74, 6) is -0.489. The summed E-state index contributed by atoms with van der Waals surface area (Å²) in [6, 6.07) is 7.65. The summed E-state index contributed by atoms with van der Waals surface area (Å²) in [6.45, 7) is 8.81. The number of nitrogens with zero attached hydrogens (tertiary/aromatic N) is 2. The Morgan fingerprint density at radius 2 is 1.94 bits per heavy atom. The van der Waals surface area contributed by atoms with E-state index < -0.39 is 17.7 Å². The zero-order valence-corrected chi connectivity index (χ0v) is 18.4. The van der Waals surface area contributed by atoms with E-state index in [9.17, 15) is 14.0 Å². The predicted molar refractivity (Wildman–Crippen MR) is 113 cm³/mol. The number of amides is 1. The van der Waals surface area contributed by atoms with Crippen LogP contribution in [0.4, 0.5) is 14.9 Å². The molecule has 0 radical (unpaired) electrons. The van der Waals surface area contributed by atoms with Crippen LogP contribution in [0.2, 0.25) is 0 Å². The zero-order chi connectivity index (χ0) is 22.8. The molecule has 2 aromatic rings. The molecule has 1 aromatic heterocycles. The highest BCUT2D eigenvalue weighted by atomic mass is 19.1. The molecular formula is C23H27FN2O5. The van der Waals surface area contributed by atoms with Gasteiger partial charge in [0, 0.05) is 6.92 Å². The maximum absolute atomic E-state index is 13.3. The first kappa shape index (κ1) is 22.5. The first-order valence-corrected chi connectivity index (χ1v) is 10.1. The lowest BCUT2D eigenvalue weighted by Gasteiger charge is -2.36. The SMILES string of the molecule is CC(=O)OCc1nc2c(cc1Cc1ccc(F)cc1)N(C(=O)OC(C)(C)C)[C@@H](C)CO2. The van der Waals surface area contributed by atoms with Gasteiger partial charge in [0.25, 0.3) is 0 Å². The first-order chi connectivity index (χ1) is 14.5. The number of ether oxygens (including phenoxy) is 3. The van der Waals surface area contributed by atoms with Gasteiger partial charge in [0.15, 0.2) is 0 Å². The molecule has 0 N–H and O–H groups in total. The summed E-state index contributed by atoms with van der Waals surface area (Å²) in [4.78, 5) is 30.3. The maximum Gasteiger partial charge on any atom is 0.415 e. The number of anilines is 1. The average molecular weight is 430 g/mol. The Morgan fingerprint density at radius 1 is 1.26 bits per heavy atom. The molecule has 3 rings (SSSR count). The molecule has 8 heteroatoms. The van der Waals surface area contributed by atoms with Crippen LogP contribution in [0.5, 0.6) is 5.88 Å². The van der Waals surface area contributed by atoms with Gasteiger partial charge >= 0.3 is 12.1 Å².